The highest BCUT2D eigenvalue weighted by atomic mass is 32.1. The smallest absolute Gasteiger partial charge is 0.326 e. The van der Waals surface area contributed by atoms with Gasteiger partial charge in [0.05, 0.1) is 26.4 Å². The second kappa shape index (κ2) is 42.8. The molecule has 1 saturated carbocycles. The molecule has 5 amide bonds. The van der Waals surface area contributed by atoms with Gasteiger partial charge >= 0.3 is 17.9 Å². The summed E-state index contributed by atoms with van der Waals surface area (Å²) in [6, 6.07) is -1.93. The fourth-order valence-corrected chi connectivity index (χ4v) is 8.36. The summed E-state index contributed by atoms with van der Waals surface area (Å²) in [5.74, 6) is -4.08. The first-order chi connectivity index (χ1) is 33.3. The van der Waals surface area contributed by atoms with Crippen LogP contribution in [0.25, 0.3) is 0 Å². The van der Waals surface area contributed by atoms with E-state index in [0.717, 1.165) is 51.4 Å². The van der Waals surface area contributed by atoms with Crippen molar-refractivity contribution in [2.45, 2.75) is 198 Å². The van der Waals surface area contributed by atoms with Crippen LogP contribution in [0, 0.1) is 11.8 Å². The van der Waals surface area contributed by atoms with Crippen molar-refractivity contribution in [3.63, 3.8) is 0 Å². The first-order valence-corrected chi connectivity index (χ1v) is 26.4. The third-order valence-electron chi connectivity index (χ3n) is 12.4. The van der Waals surface area contributed by atoms with Crippen LogP contribution in [0.15, 0.2) is 0 Å². The summed E-state index contributed by atoms with van der Waals surface area (Å²) in [6.45, 7) is 2.40. The molecule has 0 aromatic heterocycles. The lowest BCUT2D eigenvalue weighted by Crippen LogP contribution is -2.45. The molecule has 0 saturated heterocycles. The van der Waals surface area contributed by atoms with Crippen molar-refractivity contribution in [1.29, 1.82) is 0 Å². The number of carboxylic acids is 3. The number of hydrogen-bond donors (Lipinski definition) is 10. The van der Waals surface area contributed by atoms with Gasteiger partial charge in [-0.1, -0.05) is 103 Å². The number of aliphatic carboxylic acids is 3. The molecule has 0 bridgehead atoms. The number of rotatable bonds is 46. The number of carboxylic acid groups (broad SMARTS) is 3. The molecule has 0 aromatic rings. The summed E-state index contributed by atoms with van der Waals surface area (Å²) in [4.78, 5) is 95.1. The Labute approximate surface area is 416 Å². The van der Waals surface area contributed by atoms with Crippen molar-refractivity contribution >= 4 is 60.3 Å². The average Bonchev–Trinajstić information content (AvgIpc) is 3.32. The maximum absolute atomic E-state index is 13.0. The Morgan fingerprint density at radius 2 is 0.884 bits per heavy atom. The van der Waals surface area contributed by atoms with Crippen LogP contribution < -0.4 is 31.3 Å². The maximum Gasteiger partial charge on any atom is 0.326 e. The van der Waals surface area contributed by atoms with Gasteiger partial charge in [-0.3, -0.25) is 38.3 Å². The molecule has 9 N–H and O–H groups in total. The number of amides is 5. The van der Waals surface area contributed by atoms with Gasteiger partial charge in [-0.05, 0) is 70.1 Å². The van der Waals surface area contributed by atoms with Gasteiger partial charge in [-0.2, -0.15) is 0 Å². The molecule has 1 aliphatic rings. The molecule has 19 nitrogen and oxygen atoms in total. The highest BCUT2D eigenvalue weighted by Crippen LogP contribution is 2.29. The van der Waals surface area contributed by atoms with Crippen molar-refractivity contribution in [1.82, 2.24) is 31.3 Å². The predicted octanol–water partition coefficient (Wildman–Crippen LogP) is 5.58. The van der Waals surface area contributed by atoms with Crippen molar-refractivity contribution < 1.29 is 63.1 Å². The number of thiol groups is 1. The van der Waals surface area contributed by atoms with Gasteiger partial charge in [0.2, 0.25) is 29.5 Å². The molecule has 20 heteroatoms. The minimum absolute atomic E-state index is 0.0243. The van der Waals surface area contributed by atoms with E-state index >= 15 is 0 Å². The fourth-order valence-electron chi connectivity index (χ4n) is 8.12. The monoisotopic (exact) mass is 1000 g/mol. The number of nitrogens with one attached hydrogen (secondary N) is 6. The molecule has 398 valence electrons. The third-order valence-corrected chi connectivity index (χ3v) is 12.7. The largest absolute Gasteiger partial charge is 0.481 e. The zero-order valence-electron chi connectivity index (χ0n) is 41.3. The van der Waals surface area contributed by atoms with Crippen molar-refractivity contribution in [2.75, 3.05) is 52.6 Å². The predicted molar refractivity (Wildman–Crippen MR) is 265 cm³/mol. The van der Waals surface area contributed by atoms with Crippen LogP contribution in [0.4, 0.5) is 0 Å². The van der Waals surface area contributed by atoms with Crippen molar-refractivity contribution in [3.05, 3.63) is 0 Å². The average molecular weight is 1000 g/mol. The molecule has 69 heavy (non-hydrogen) atoms. The minimum atomic E-state index is -1.20. The number of hydrogen-bond acceptors (Lipinski definition) is 12. The topological polar surface area (TPSA) is 288 Å². The molecule has 1 aliphatic carbocycles. The van der Waals surface area contributed by atoms with Crippen LogP contribution in [0.1, 0.15) is 186 Å². The zero-order chi connectivity index (χ0) is 50.7. The highest BCUT2D eigenvalue weighted by Gasteiger charge is 2.30. The Kier molecular flexibility index (Phi) is 39.1. The minimum Gasteiger partial charge on any atom is -0.481 e. The Balaban J connectivity index is 2.00. The molecule has 0 aromatic carbocycles. The van der Waals surface area contributed by atoms with Gasteiger partial charge in [0.25, 0.3) is 0 Å². The zero-order valence-corrected chi connectivity index (χ0v) is 42.2. The van der Waals surface area contributed by atoms with Crippen LogP contribution >= 0.6 is 12.8 Å². The van der Waals surface area contributed by atoms with E-state index in [2.05, 4.69) is 44.1 Å². The Morgan fingerprint density at radius 3 is 1.35 bits per heavy atom. The van der Waals surface area contributed by atoms with Crippen LogP contribution in [0.5, 0.6) is 0 Å². The first-order valence-electron chi connectivity index (χ1n) is 25.9. The summed E-state index contributed by atoms with van der Waals surface area (Å²) < 4.78 is 13.3. The van der Waals surface area contributed by atoms with E-state index in [-0.39, 0.29) is 113 Å². The lowest BCUT2D eigenvalue weighted by atomic mass is 9.81. The lowest BCUT2D eigenvalue weighted by Gasteiger charge is -2.28. The van der Waals surface area contributed by atoms with E-state index in [4.69, 9.17) is 19.7 Å². The van der Waals surface area contributed by atoms with Crippen molar-refractivity contribution in [3.8, 4) is 0 Å². The van der Waals surface area contributed by atoms with E-state index in [1.54, 1.807) is 0 Å². The second-order valence-electron chi connectivity index (χ2n) is 18.3. The Morgan fingerprint density at radius 1 is 0.449 bits per heavy atom. The number of carbonyl (C=O) groups excluding carboxylic acids is 5. The van der Waals surface area contributed by atoms with Gasteiger partial charge in [0, 0.05) is 64.2 Å². The van der Waals surface area contributed by atoms with Gasteiger partial charge in [0.15, 0.2) is 0 Å². The van der Waals surface area contributed by atoms with E-state index in [1.165, 1.54) is 64.2 Å². The molecule has 0 aliphatic heterocycles. The normalized spacial score (nSPS) is 15.4. The van der Waals surface area contributed by atoms with Crippen LogP contribution in [0.3, 0.4) is 0 Å². The standard InChI is InChI=1S/C49H88N6O13S/c56-42(20-15-13-11-9-7-5-3-1-2-4-6-8-10-12-14-16-21-46(60)61)53-37-38-22-24-39(25-23-38)47(62)54-40(48(63)64)26-27-43(57)51-31-33-67-35-36-68-34-32-52-45(59)29-28-44(58)50-30-18-17-19-41(55-69)49(65)66/h38-41,55,69H,1-37H2,(H,50,58)(H,51,57)(H,52,59)(H,53,56)(H,54,62)(H,60,61)(H,63,64)(H,65,66)/t38-,39-,40-,41-/m0/s1. The molecule has 1 fully saturated rings. The van der Waals surface area contributed by atoms with Crippen LogP contribution in [-0.2, 0) is 47.8 Å². The molecule has 0 radical (unpaired) electrons. The summed E-state index contributed by atoms with van der Waals surface area (Å²) in [5.41, 5.74) is 0. The summed E-state index contributed by atoms with van der Waals surface area (Å²) in [6.07, 6.45) is 23.8. The lowest BCUT2D eigenvalue weighted by molar-refractivity contribution is -0.143. The highest BCUT2D eigenvalue weighted by molar-refractivity contribution is 7.78. The quantitative estimate of drug-likeness (QED) is 0.0263. The summed E-state index contributed by atoms with van der Waals surface area (Å²) >= 11 is 3.78. The van der Waals surface area contributed by atoms with Gasteiger partial charge in [0.1, 0.15) is 12.1 Å². The van der Waals surface area contributed by atoms with Crippen molar-refractivity contribution in [2.24, 2.45) is 11.8 Å². The van der Waals surface area contributed by atoms with E-state index < -0.39 is 30.0 Å². The maximum atomic E-state index is 13.0. The van der Waals surface area contributed by atoms with E-state index in [1.807, 2.05) is 0 Å². The SMILES string of the molecule is O=C(O)CCCCCCCCCCCCCCCCCCC(=O)NC[C@H]1CC[C@H](C(=O)N[C@@H](CCC(=O)NCCOCCOCCNC(=O)CCC(=O)NCCCC[C@H](NS)C(=O)O)C(=O)O)CC1. The van der Waals surface area contributed by atoms with Gasteiger partial charge < -0.3 is 51.4 Å². The molecule has 0 unspecified atom stereocenters. The third kappa shape index (κ3) is 37.5. The number of carbonyl (C=O) groups is 8. The fraction of sp³-hybridized carbons (Fsp3) is 0.837. The second-order valence-corrected chi connectivity index (χ2v) is 18.6. The van der Waals surface area contributed by atoms with E-state index in [0.29, 0.717) is 51.6 Å². The Bertz CT molecular complexity index is 1450. The molecular formula is C49H88N6O13S. The first kappa shape index (κ1) is 63.0. The van der Waals surface area contributed by atoms with Crippen LogP contribution in [-0.4, -0.2) is 127 Å². The number of unbranched alkanes of at least 4 members (excludes halogenated alkanes) is 16. The molecule has 0 spiro atoms. The molecule has 1 rings (SSSR count). The molecule has 2 atom stereocenters. The summed E-state index contributed by atoms with van der Waals surface area (Å²) in [7, 11) is 0. The van der Waals surface area contributed by atoms with Crippen LogP contribution in [0.2, 0.25) is 0 Å². The number of ether oxygens (including phenoxy) is 2. The van der Waals surface area contributed by atoms with E-state index in [9.17, 15) is 43.5 Å². The molecule has 0 heterocycles. The van der Waals surface area contributed by atoms with Gasteiger partial charge in [-0.25, -0.2) is 4.79 Å². The van der Waals surface area contributed by atoms with Gasteiger partial charge in [-0.15, -0.1) is 0 Å². The Hall–Kier alpha value is -4.01. The summed E-state index contributed by atoms with van der Waals surface area (Å²) in [5, 5.41) is 41.1. The molecular weight excluding hydrogens is 913 g/mol.